The number of rotatable bonds is 2. The van der Waals surface area contributed by atoms with Crippen molar-refractivity contribution in [2.75, 3.05) is 5.73 Å². The van der Waals surface area contributed by atoms with E-state index in [-0.39, 0.29) is 17.1 Å². The molecule has 2 N–H and O–H groups in total. The summed E-state index contributed by atoms with van der Waals surface area (Å²) in [5.74, 6) is -0.509. The minimum absolute atomic E-state index is 0.0423. The van der Waals surface area contributed by atoms with Crippen LogP contribution in [0, 0.1) is 12.7 Å². The summed E-state index contributed by atoms with van der Waals surface area (Å²) in [4.78, 5) is 11.7. The zero-order valence-electron chi connectivity index (χ0n) is 9.78. The lowest BCUT2D eigenvalue weighted by atomic mass is 10.2. The quantitative estimate of drug-likeness (QED) is 0.908. The maximum atomic E-state index is 13.7. The minimum Gasteiger partial charge on any atom is -0.397 e. The van der Waals surface area contributed by atoms with Gasteiger partial charge in [-0.15, -0.1) is 0 Å². The Bertz CT molecular complexity index is 652. The molecule has 0 amide bonds. The molecule has 2 rings (SSSR count). The highest BCUT2D eigenvalue weighted by Gasteiger charge is 2.08. The van der Waals surface area contributed by atoms with Crippen LogP contribution in [0.25, 0.3) is 0 Å². The summed E-state index contributed by atoms with van der Waals surface area (Å²) in [6.07, 6.45) is 1.51. The molecule has 0 saturated heterocycles. The molecular formula is C13H12ClFN2O. The second-order valence-corrected chi connectivity index (χ2v) is 4.50. The molecule has 3 nitrogen and oxygen atoms in total. The Labute approximate surface area is 109 Å². The molecule has 2 aromatic rings. The minimum atomic E-state index is -0.509. The third-order valence-electron chi connectivity index (χ3n) is 2.75. The Kier molecular flexibility index (Phi) is 3.39. The smallest absolute Gasteiger partial charge is 0.251 e. The lowest BCUT2D eigenvalue weighted by Gasteiger charge is -2.09. The molecule has 1 aromatic heterocycles. The molecule has 5 heteroatoms. The van der Waals surface area contributed by atoms with E-state index in [0.717, 1.165) is 0 Å². The summed E-state index contributed by atoms with van der Waals surface area (Å²) in [6, 6.07) is 6.12. The van der Waals surface area contributed by atoms with Crippen molar-refractivity contribution in [2.24, 2.45) is 0 Å². The van der Waals surface area contributed by atoms with Crippen LogP contribution in [0.15, 0.2) is 35.3 Å². The number of hydrogen-bond donors (Lipinski definition) is 1. The molecule has 0 unspecified atom stereocenters. The molecule has 0 saturated carbocycles. The van der Waals surface area contributed by atoms with Gasteiger partial charge in [0.05, 0.1) is 17.3 Å². The zero-order chi connectivity index (χ0) is 13.3. The fourth-order valence-corrected chi connectivity index (χ4v) is 1.86. The van der Waals surface area contributed by atoms with Crippen LogP contribution in [0.1, 0.15) is 11.1 Å². The van der Waals surface area contributed by atoms with Crippen molar-refractivity contribution in [3.63, 3.8) is 0 Å². The monoisotopic (exact) mass is 266 g/mol. The number of nitrogens with two attached hydrogens (primary N) is 1. The van der Waals surface area contributed by atoms with Crippen LogP contribution in [0.3, 0.4) is 0 Å². The number of pyridine rings is 1. The number of hydrogen-bond acceptors (Lipinski definition) is 2. The molecule has 0 aliphatic carbocycles. The summed E-state index contributed by atoms with van der Waals surface area (Å²) in [7, 11) is 0. The van der Waals surface area contributed by atoms with Crippen LogP contribution in [0.5, 0.6) is 0 Å². The summed E-state index contributed by atoms with van der Waals surface area (Å²) < 4.78 is 15.1. The van der Waals surface area contributed by atoms with Crippen molar-refractivity contribution in [3.8, 4) is 0 Å². The largest absolute Gasteiger partial charge is 0.397 e. The van der Waals surface area contributed by atoms with Gasteiger partial charge < -0.3 is 10.3 Å². The molecule has 94 valence electrons. The molecule has 0 aliphatic heterocycles. The first kappa shape index (κ1) is 12.6. The van der Waals surface area contributed by atoms with Crippen LogP contribution in [0.2, 0.25) is 5.02 Å². The predicted molar refractivity (Wildman–Crippen MR) is 70.4 cm³/mol. The summed E-state index contributed by atoms with van der Waals surface area (Å²) >= 11 is 5.69. The molecule has 0 aliphatic rings. The van der Waals surface area contributed by atoms with Crippen molar-refractivity contribution >= 4 is 17.3 Å². The van der Waals surface area contributed by atoms with Crippen molar-refractivity contribution in [1.82, 2.24) is 4.57 Å². The average molecular weight is 267 g/mol. The number of anilines is 1. The fraction of sp³-hybridized carbons (Fsp3) is 0.154. The Morgan fingerprint density at radius 1 is 1.44 bits per heavy atom. The lowest BCUT2D eigenvalue weighted by Crippen LogP contribution is -2.21. The molecule has 0 spiro atoms. The fourth-order valence-electron chi connectivity index (χ4n) is 1.66. The second-order valence-electron chi connectivity index (χ2n) is 4.09. The number of aryl methyl sites for hydroxylation is 1. The maximum Gasteiger partial charge on any atom is 0.251 e. The number of aromatic nitrogens is 1. The molecule has 1 aromatic carbocycles. The van der Waals surface area contributed by atoms with Crippen molar-refractivity contribution in [2.45, 2.75) is 13.5 Å². The standard InChI is InChI=1S/C13H12ClFN2O/c1-8-5-12(18)17(7-11(8)16)6-9-3-2-4-10(14)13(9)15/h2-5,7H,6,16H2,1H3. The SMILES string of the molecule is Cc1cc(=O)n(Cc2cccc(Cl)c2F)cc1N. The highest BCUT2D eigenvalue weighted by molar-refractivity contribution is 6.30. The van der Waals surface area contributed by atoms with E-state index in [2.05, 4.69) is 0 Å². The van der Waals surface area contributed by atoms with Gasteiger partial charge in [-0.05, 0) is 18.6 Å². The van der Waals surface area contributed by atoms with Gasteiger partial charge in [0.15, 0.2) is 0 Å². The highest BCUT2D eigenvalue weighted by atomic mass is 35.5. The maximum absolute atomic E-state index is 13.7. The van der Waals surface area contributed by atoms with E-state index < -0.39 is 5.82 Å². The van der Waals surface area contributed by atoms with Gasteiger partial charge in [0.2, 0.25) is 0 Å². The Balaban J connectivity index is 2.43. The molecule has 0 bridgehead atoms. The molecule has 0 radical (unpaired) electrons. The summed E-state index contributed by atoms with van der Waals surface area (Å²) in [5, 5.41) is 0.0423. The number of nitrogen functional groups attached to an aromatic ring is 1. The normalized spacial score (nSPS) is 10.6. The number of benzene rings is 1. The molecule has 1 heterocycles. The van der Waals surface area contributed by atoms with Gasteiger partial charge in [-0.1, -0.05) is 23.7 Å². The summed E-state index contributed by atoms with van der Waals surface area (Å²) in [6.45, 7) is 1.86. The Hall–Kier alpha value is -1.81. The summed E-state index contributed by atoms with van der Waals surface area (Å²) in [5.41, 5.74) is 7.07. The first-order valence-corrected chi connectivity index (χ1v) is 5.76. The second kappa shape index (κ2) is 4.82. The van der Waals surface area contributed by atoms with E-state index in [0.29, 0.717) is 16.8 Å². The van der Waals surface area contributed by atoms with Gasteiger partial charge in [0, 0.05) is 17.8 Å². The average Bonchev–Trinajstić information content (AvgIpc) is 2.32. The van der Waals surface area contributed by atoms with Crippen LogP contribution in [-0.4, -0.2) is 4.57 Å². The van der Waals surface area contributed by atoms with Crippen LogP contribution in [-0.2, 0) is 6.54 Å². The highest BCUT2D eigenvalue weighted by Crippen LogP contribution is 2.18. The van der Waals surface area contributed by atoms with Gasteiger partial charge >= 0.3 is 0 Å². The third kappa shape index (κ3) is 2.38. The zero-order valence-corrected chi connectivity index (χ0v) is 10.5. The van der Waals surface area contributed by atoms with E-state index in [1.165, 1.54) is 22.9 Å². The Morgan fingerprint density at radius 3 is 2.89 bits per heavy atom. The molecular weight excluding hydrogens is 255 g/mol. The van der Waals surface area contributed by atoms with Gasteiger partial charge in [0.25, 0.3) is 5.56 Å². The van der Waals surface area contributed by atoms with Crippen molar-refractivity contribution in [3.05, 3.63) is 62.8 Å². The van der Waals surface area contributed by atoms with Crippen LogP contribution >= 0.6 is 11.6 Å². The van der Waals surface area contributed by atoms with Gasteiger partial charge in [-0.2, -0.15) is 0 Å². The van der Waals surface area contributed by atoms with E-state index in [1.54, 1.807) is 19.1 Å². The van der Waals surface area contributed by atoms with Crippen molar-refractivity contribution < 1.29 is 4.39 Å². The van der Waals surface area contributed by atoms with Crippen LogP contribution < -0.4 is 11.3 Å². The number of halogens is 2. The topological polar surface area (TPSA) is 48.0 Å². The third-order valence-corrected chi connectivity index (χ3v) is 3.04. The number of nitrogens with zero attached hydrogens (tertiary/aromatic N) is 1. The Morgan fingerprint density at radius 2 is 2.17 bits per heavy atom. The van der Waals surface area contributed by atoms with Crippen molar-refractivity contribution in [1.29, 1.82) is 0 Å². The first-order valence-electron chi connectivity index (χ1n) is 5.38. The van der Waals surface area contributed by atoms with E-state index in [4.69, 9.17) is 17.3 Å². The van der Waals surface area contributed by atoms with E-state index >= 15 is 0 Å². The van der Waals surface area contributed by atoms with Gasteiger partial charge in [-0.3, -0.25) is 4.79 Å². The predicted octanol–water partition coefficient (Wildman–Crippen LogP) is 2.58. The van der Waals surface area contributed by atoms with E-state index in [1.807, 2.05) is 0 Å². The molecule has 0 atom stereocenters. The van der Waals surface area contributed by atoms with Crippen LogP contribution in [0.4, 0.5) is 10.1 Å². The van der Waals surface area contributed by atoms with E-state index in [9.17, 15) is 9.18 Å². The van der Waals surface area contributed by atoms with Gasteiger partial charge in [-0.25, -0.2) is 4.39 Å². The molecule has 0 fully saturated rings. The first-order chi connectivity index (χ1) is 8.49. The van der Waals surface area contributed by atoms with Gasteiger partial charge in [0.1, 0.15) is 5.82 Å². The molecule has 18 heavy (non-hydrogen) atoms. The lowest BCUT2D eigenvalue weighted by molar-refractivity contribution is 0.596.